The van der Waals surface area contributed by atoms with Crippen molar-refractivity contribution in [2.75, 3.05) is 20.1 Å². The van der Waals surface area contributed by atoms with Crippen LogP contribution in [0.1, 0.15) is 16.8 Å². The Morgan fingerprint density at radius 2 is 2.29 bits per heavy atom. The quantitative estimate of drug-likeness (QED) is 0.761. The monoisotopic (exact) mass is 236 g/mol. The topological polar surface area (TPSA) is 67.2 Å². The van der Waals surface area contributed by atoms with Gasteiger partial charge in [0.15, 0.2) is 0 Å². The molecular weight excluding hydrogens is 220 g/mol. The number of carbonyl (C=O) groups is 2. The highest BCUT2D eigenvalue weighted by Gasteiger charge is 2.31. The summed E-state index contributed by atoms with van der Waals surface area (Å²) in [5.41, 5.74) is 0.574. The molecule has 0 spiro atoms. The molecule has 1 saturated heterocycles. The van der Waals surface area contributed by atoms with Gasteiger partial charge in [0.05, 0.1) is 17.7 Å². The van der Waals surface area contributed by atoms with Gasteiger partial charge in [-0.1, -0.05) is 0 Å². The van der Waals surface area contributed by atoms with Crippen LogP contribution in [0.4, 0.5) is 0 Å². The molecule has 17 heavy (non-hydrogen) atoms. The maximum absolute atomic E-state index is 12.1. The second-order valence-electron chi connectivity index (χ2n) is 4.25. The van der Waals surface area contributed by atoms with Gasteiger partial charge in [-0.3, -0.25) is 14.3 Å². The summed E-state index contributed by atoms with van der Waals surface area (Å²) in [6, 6.07) is 0. The SMILES string of the molecule is CNC(=O)[C@H]1CCN(C(=O)c2cnn(C)c2)C1. The number of hydrogen-bond donors (Lipinski definition) is 1. The molecule has 2 heterocycles. The van der Waals surface area contributed by atoms with Crippen LogP contribution in [-0.2, 0) is 11.8 Å². The van der Waals surface area contributed by atoms with Gasteiger partial charge in [0.1, 0.15) is 0 Å². The normalized spacial score (nSPS) is 19.4. The van der Waals surface area contributed by atoms with Gasteiger partial charge < -0.3 is 10.2 Å². The zero-order valence-electron chi connectivity index (χ0n) is 10.0. The first-order valence-electron chi connectivity index (χ1n) is 5.61. The van der Waals surface area contributed by atoms with E-state index in [1.807, 2.05) is 0 Å². The molecular formula is C11H16N4O2. The summed E-state index contributed by atoms with van der Waals surface area (Å²) in [7, 11) is 3.39. The lowest BCUT2D eigenvalue weighted by Gasteiger charge is -2.14. The number of rotatable bonds is 2. The molecule has 6 nitrogen and oxygen atoms in total. The predicted octanol–water partition coefficient (Wildman–Crippen LogP) is -0.372. The maximum atomic E-state index is 12.1. The zero-order chi connectivity index (χ0) is 12.4. The van der Waals surface area contributed by atoms with Crippen LogP contribution in [-0.4, -0.2) is 46.6 Å². The van der Waals surface area contributed by atoms with Crippen molar-refractivity contribution in [2.45, 2.75) is 6.42 Å². The van der Waals surface area contributed by atoms with E-state index in [1.165, 1.54) is 0 Å². The first-order valence-corrected chi connectivity index (χ1v) is 5.61. The Morgan fingerprint density at radius 1 is 1.53 bits per heavy atom. The molecule has 1 atom stereocenters. The van der Waals surface area contributed by atoms with Crippen LogP contribution in [0, 0.1) is 5.92 Å². The minimum absolute atomic E-state index is 0.00601. The highest BCUT2D eigenvalue weighted by molar-refractivity contribution is 5.94. The molecule has 6 heteroatoms. The lowest BCUT2D eigenvalue weighted by molar-refractivity contribution is -0.124. The first-order chi connectivity index (χ1) is 8.11. The Kier molecular flexibility index (Phi) is 3.12. The van der Waals surface area contributed by atoms with Crippen LogP contribution in [0.25, 0.3) is 0 Å². The first kappa shape index (κ1) is 11.6. The smallest absolute Gasteiger partial charge is 0.257 e. The molecule has 1 aromatic heterocycles. The molecule has 0 aliphatic carbocycles. The predicted molar refractivity (Wildman–Crippen MR) is 61.3 cm³/mol. The zero-order valence-corrected chi connectivity index (χ0v) is 10.0. The molecule has 1 fully saturated rings. The molecule has 1 aliphatic heterocycles. The molecule has 2 rings (SSSR count). The summed E-state index contributed by atoms with van der Waals surface area (Å²) in [4.78, 5) is 25.2. The van der Waals surface area contributed by atoms with Crippen LogP contribution in [0.5, 0.6) is 0 Å². The van der Waals surface area contributed by atoms with E-state index >= 15 is 0 Å². The number of likely N-dealkylation sites (tertiary alicyclic amines) is 1. The van der Waals surface area contributed by atoms with E-state index in [4.69, 9.17) is 0 Å². The van der Waals surface area contributed by atoms with Crippen molar-refractivity contribution in [1.82, 2.24) is 20.0 Å². The van der Waals surface area contributed by atoms with Gasteiger partial charge in [-0.15, -0.1) is 0 Å². The van der Waals surface area contributed by atoms with Crippen LogP contribution in [0.3, 0.4) is 0 Å². The van der Waals surface area contributed by atoms with Crippen LogP contribution in [0.15, 0.2) is 12.4 Å². The number of carbonyl (C=O) groups excluding carboxylic acids is 2. The van der Waals surface area contributed by atoms with E-state index in [2.05, 4.69) is 10.4 Å². The lowest BCUT2D eigenvalue weighted by atomic mass is 10.1. The molecule has 1 aliphatic rings. The third-order valence-corrected chi connectivity index (χ3v) is 3.04. The fourth-order valence-corrected chi connectivity index (χ4v) is 2.08. The summed E-state index contributed by atoms with van der Waals surface area (Å²) in [6.07, 6.45) is 3.97. The Hall–Kier alpha value is -1.85. The summed E-state index contributed by atoms with van der Waals surface area (Å²) >= 11 is 0. The van der Waals surface area contributed by atoms with E-state index in [0.717, 1.165) is 6.42 Å². The van der Waals surface area contributed by atoms with Gasteiger partial charge in [0, 0.05) is 33.4 Å². The summed E-state index contributed by atoms with van der Waals surface area (Å²) in [6.45, 7) is 1.12. The number of aryl methyl sites for hydroxylation is 1. The molecule has 0 radical (unpaired) electrons. The van der Waals surface area contributed by atoms with Gasteiger partial charge in [0.25, 0.3) is 5.91 Å². The minimum Gasteiger partial charge on any atom is -0.359 e. The van der Waals surface area contributed by atoms with Crippen LogP contribution >= 0.6 is 0 Å². The van der Waals surface area contributed by atoms with Gasteiger partial charge in [-0.05, 0) is 6.42 Å². The summed E-state index contributed by atoms with van der Waals surface area (Å²) in [5.74, 6) is -0.128. The van der Waals surface area contributed by atoms with Crippen molar-refractivity contribution in [1.29, 1.82) is 0 Å². The fourth-order valence-electron chi connectivity index (χ4n) is 2.08. The Bertz CT molecular complexity index is 440. The minimum atomic E-state index is -0.0828. The number of amides is 2. The number of nitrogens with zero attached hydrogens (tertiary/aromatic N) is 3. The summed E-state index contributed by atoms with van der Waals surface area (Å²) in [5, 5.41) is 6.59. The van der Waals surface area contributed by atoms with Crippen molar-refractivity contribution < 1.29 is 9.59 Å². The van der Waals surface area contributed by atoms with E-state index in [-0.39, 0.29) is 17.7 Å². The molecule has 2 amide bonds. The van der Waals surface area contributed by atoms with Gasteiger partial charge in [-0.25, -0.2) is 0 Å². The number of aromatic nitrogens is 2. The van der Waals surface area contributed by atoms with Crippen LogP contribution in [0.2, 0.25) is 0 Å². The molecule has 0 unspecified atom stereocenters. The van der Waals surface area contributed by atoms with Crippen LogP contribution < -0.4 is 5.32 Å². The third kappa shape index (κ3) is 2.30. The Morgan fingerprint density at radius 3 is 2.88 bits per heavy atom. The molecule has 0 saturated carbocycles. The third-order valence-electron chi connectivity index (χ3n) is 3.04. The molecule has 92 valence electrons. The number of hydrogen-bond acceptors (Lipinski definition) is 3. The molecule has 0 aromatic carbocycles. The second kappa shape index (κ2) is 4.57. The molecule has 1 N–H and O–H groups in total. The van der Waals surface area contributed by atoms with E-state index in [1.54, 1.807) is 36.1 Å². The van der Waals surface area contributed by atoms with Crippen molar-refractivity contribution in [3.63, 3.8) is 0 Å². The van der Waals surface area contributed by atoms with E-state index < -0.39 is 0 Å². The Labute approximate surface area is 99.6 Å². The van der Waals surface area contributed by atoms with Crippen molar-refractivity contribution in [3.05, 3.63) is 18.0 Å². The van der Waals surface area contributed by atoms with Crippen molar-refractivity contribution in [2.24, 2.45) is 13.0 Å². The molecule has 1 aromatic rings. The lowest BCUT2D eigenvalue weighted by Crippen LogP contribution is -2.32. The fraction of sp³-hybridized carbons (Fsp3) is 0.545. The van der Waals surface area contributed by atoms with E-state index in [9.17, 15) is 9.59 Å². The largest absolute Gasteiger partial charge is 0.359 e. The number of nitrogens with one attached hydrogen (secondary N) is 1. The highest BCUT2D eigenvalue weighted by atomic mass is 16.2. The van der Waals surface area contributed by atoms with Gasteiger partial charge in [0.2, 0.25) is 5.91 Å². The van der Waals surface area contributed by atoms with Crippen molar-refractivity contribution >= 4 is 11.8 Å². The second-order valence-corrected chi connectivity index (χ2v) is 4.25. The average Bonchev–Trinajstić information content (AvgIpc) is 2.95. The van der Waals surface area contributed by atoms with Crippen molar-refractivity contribution in [3.8, 4) is 0 Å². The van der Waals surface area contributed by atoms with Gasteiger partial charge >= 0.3 is 0 Å². The summed E-state index contributed by atoms with van der Waals surface area (Å²) < 4.78 is 1.60. The van der Waals surface area contributed by atoms with Gasteiger partial charge in [-0.2, -0.15) is 5.10 Å². The standard InChI is InChI=1S/C11H16N4O2/c1-12-10(16)8-3-4-15(7-8)11(17)9-5-13-14(2)6-9/h5-6,8H,3-4,7H2,1-2H3,(H,12,16)/t8-/m0/s1. The Balaban J connectivity index is 2.01. The average molecular weight is 236 g/mol. The maximum Gasteiger partial charge on any atom is 0.257 e. The highest BCUT2D eigenvalue weighted by Crippen LogP contribution is 2.18. The van der Waals surface area contributed by atoms with E-state index in [0.29, 0.717) is 18.7 Å². The molecule has 0 bridgehead atoms.